The molecule has 2 atom stereocenters. The van der Waals surface area contributed by atoms with Crippen LogP contribution in [0.25, 0.3) is 0 Å². The van der Waals surface area contributed by atoms with Crippen molar-refractivity contribution in [1.29, 1.82) is 0 Å². The summed E-state index contributed by atoms with van der Waals surface area (Å²) >= 11 is 0. The van der Waals surface area contributed by atoms with Gasteiger partial charge in [-0.2, -0.15) is 0 Å². The third-order valence-electron chi connectivity index (χ3n) is 8.08. The molecule has 0 saturated heterocycles. The quantitative estimate of drug-likeness (QED) is 0.548. The summed E-state index contributed by atoms with van der Waals surface area (Å²) in [5, 5.41) is 1.05. The minimum absolute atomic E-state index is 0.0222. The van der Waals surface area contributed by atoms with Gasteiger partial charge in [0, 0.05) is 46.2 Å². The van der Waals surface area contributed by atoms with Crippen LogP contribution in [0.4, 0.5) is 11.4 Å². The zero-order valence-electron chi connectivity index (χ0n) is 21.6. The van der Waals surface area contributed by atoms with Gasteiger partial charge in [-0.05, 0) is 102 Å². The lowest BCUT2D eigenvalue weighted by Crippen LogP contribution is -2.48. The van der Waals surface area contributed by atoms with E-state index >= 15 is 0 Å². The molecule has 180 valence electrons. The molecule has 5 heteroatoms. The van der Waals surface area contributed by atoms with Crippen molar-refractivity contribution in [1.82, 2.24) is 0 Å². The number of hydrogen-bond acceptors (Lipinski definition) is 3. The topological polar surface area (TPSA) is 43.8 Å². The first-order valence-corrected chi connectivity index (χ1v) is 14.2. The summed E-state index contributed by atoms with van der Waals surface area (Å²) in [4.78, 5) is 16.3. The van der Waals surface area contributed by atoms with Gasteiger partial charge in [-0.15, -0.1) is 0 Å². The van der Waals surface area contributed by atoms with E-state index in [0.29, 0.717) is 22.4 Å². The molecule has 2 aliphatic rings. The van der Waals surface area contributed by atoms with Crippen molar-refractivity contribution in [2.24, 2.45) is 0 Å². The predicted molar refractivity (Wildman–Crippen MR) is 142 cm³/mol. The molecule has 0 aliphatic carbocycles. The Hall–Kier alpha value is -1.77. The third kappa shape index (κ3) is 3.94. The summed E-state index contributed by atoms with van der Waals surface area (Å²) in [5.41, 5.74) is 4.81. The molecule has 33 heavy (non-hydrogen) atoms. The van der Waals surface area contributed by atoms with Crippen molar-refractivity contribution in [3.8, 4) is 0 Å². The Morgan fingerprint density at radius 2 is 1.18 bits per heavy atom. The molecule has 0 bridgehead atoms. The molecule has 0 amide bonds. The standard InChI is InChI=1S/C28H41N2O2P/c1-9-29-25-15-21(11-13-23(25)19(3)17-27(29,5)6)33(31,32)22-12-14-24-20(4)18-28(7,8)30(10-2)26(24)16-22/h11-16,19-20H,9-10,17-18H2,1-8H3,(H,31,32). The maximum atomic E-state index is 14.0. The molecule has 0 saturated carbocycles. The Kier molecular flexibility index (Phi) is 6.03. The average molecular weight is 469 g/mol. The minimum atomic E-state index is -3.74. The lowest BCUT2D eigenvalue weighted by molar-refractivity contribution is 0.381. The van der Waals surface area contributed by atoms with E-state index < -0.39 is 7.37 Å². The van der Waals surface area contributed by atoms with Crippen molar-refractivity contribution < 1.29 is 9.46 Å². The van der Waals surface area contributed by atoms with E-state index in [1.807, 2.05) is 24.3 Å². The van der Waals surface area contributed by atoms with E-state index in [9.17, 15) is 9.46 Å². The Labute approximate surface area is 200 Å². The fourth-order valence-electron chi connectivity index (χ4n) is 6.68. The van der Waals surface area contributed by atoms with Crippen LogP contribution in [0.15, 0.2) is 36.4 Å². The summed E-state index contributed by atoms with van der Waals surface area (Å²) in [6.45, 7) is 19.7. The molecule has 0 aromatic heterocycles. The van der Waals surface area contributed by atoms with E-state index in [-0.39, 0.29) is 11.1 Å². The Balaban J connectivity index is 1.82. The number of nitrogens with zero attached hydrogens (tertiary/aromatic N) is 2. The first-order chi connectivity index (χ1) is 15.3. The number of fused-ring (bicyclic) bond motifs is 2. The first-order valence-electron chi connectivity index (χ1n) is 12.5. The van der Waals surface area contributed by atoms with E-state index in [2.05, 4.69) is 77.3 Å². The Morgan fingerprint density at radius 1 is 0.818 bits per heavy atom. The summed E-state index contributed by atoms with van der Waals surface area (Å²) in [5.74, 6) is 0.853. The van der Waals surface area contributed by atoms with Crippen molar-refractivity contribution in [3.63, 3.8) is 0 Å². The van der Waals surface area contributed by atoms with Crippen molar-refractivity contribution in [2.45, 2.75) is 91.1 Å². The fourth-order valence-corrected chi connectivity index (χ4v) is 8.12. The Bertz CT molecular complexity index is 1020. The molecule has 2 aromatic rings. The average Bonchev–Trinajstić information content (AvgIpc) is 2.72. The Morgan fingerprint density at radius 3 is 1.52 bits per heavy atom. The molecule has 2 aromatic carbocycles. The van der Waals surface area contributed by atoms with Gasteiger partial charge in [0.25, 0.3) is 7.37 Å². The lowest BCUT2D eigenvalue weighted by atomic mass is 9.80. The van der Waals surface area contributed by atoms with E-state index in [4.69, 9.17) is 0 Å². The molecular weight excluding hydrogens is 427 g/mol. The summed E-state index contributed by atoms with van der Waals surface area (Å²) in [6.07, 6.45) is 2.16. The number of hydrogen-bond donors (Lipinski definition) is 1. The van der Waals surface area contributed by atoms with Crippen molar-refractivity contribution in [3.05, 3.63) is 47.5 Å². The van der Waals surface area contributed by atoms with Crippen LogP contribution in [0.5, 0.6) is 0 Å². The predicted octanol–water partition coefficient (Wildman–Crippen LogP) is 6.13. The van der Waals surface area contributed by atoms with Crippen LogP contribution in [0.2, 0.25) is 0 Å². The SMILES string of the molecule is CCN1c2cc(P(=O)(O)c3ccc4c(c3)N(CC)C(C)(C)CC4C)ccc2C(C)CC1(C)C. The smallest absolute Gasteiger partial charge is 0.258 e. The second-order valence-electron chi connectivity index (χ2n) is 11.4. The van der Waals surface area contributed by atoms with Gasteiger partial charge in [0.05, 0.1) is 0 Å². The lowest BCUT2D eigenvalue weighted by Gasteiger charge is -2.47. The van der Waals surface area contributed by atoms with Gasteiger partial charge in [-0.3, -0.25) is 4.57 Å². The monoisotopic (exact) mass is 468 g/mol. The molecular formula is C28H41N2O2P. The normalized spacial score (nSPS) is 25.2. The molecule has 4 nitrogen and oxygen atoms in total. The first kappa shape index (κ1) is 24.4. The van der Waals surface area contributed by atoms with Gasteiger partial charge in [-0.25, -0.2) is 0 Å². The zero-order valence-corrected chi connectivity index (χ0v) is 22.5. The van der Waals surface area contributed by atoms with Gasteiger partial charge < -0.3 is 14.7 Å². The molecule has 4 rings (SSSR count). The highest BCUT2D eigenvalue weighted by atomic mass is 31.2. The maximum Gasteiger partial charge on any atom is 0.258 e. The van der Waals surface area contributed by atoms with Crippen LogP contribution in [-0.4, -0.2) is 29.1 Å². The van der Waals surface area contributed by atoms with E-state index in [0.717, 1.165) is 37.3 Å². The van der Waals surface area contributed by atoms with Crippen LogP contribution >= 0.6 is 7.37 Å². The van der Waals surface area contributed by atoms with Gasteiger partial charge in [-0.1, -0.05) is 26.0 Å². The second-order valence-corrected chi connectivity index (χ2v) is 13.6. The molecule has 2 unspecified atom stereocenters. The molecule has 0 radical (unpaired) electrons. The second kappa shape index (κ2) is 8.17. The van der Waals surface area contributed by atoms with E-state index in [1.54, 1.807) is 0 Å². The number of anilines is 2. The largest absolute Gasteiger partial charge is 0.366 e. The highest BCUT2D eigenvalue weighted by molar-refractivity contribution is 7.73. The van der Waals surface area contributed by atoms with Crippen LogP contribution in [0.3, 0.4) is 0 Å². The fraction of sp³-hybridized carbons (Fsp3) is 0.571. The number of benzene rings is 2. The van der Waals surface area contributed by atoms with Gasteiger partial charge in [0.2, 0.25) is 0 Å². The molecule has 0 spiro atoms. The zero-order chi connectivity index (χ0) is 24.3. The summed E-state index contributed by atoms with van der Waals surface area (Å²) < 4.78 is 14.0. The maximum absolute atomic E-state index is 14.0. The summed E-state index contributed by atoms with van der Waals surface area (Å²) in [7, 11) is -3.74. The van der Waals surface area contributed by atoms with Crippen LogP contribution in [0.1, 0.15) is 91.2 Å². The van der Waals surface area contributed by atoms with Crippen molar-refractivity contribution >= 4 is 29.4 Å². The van der Waals surface area contributed by atoms with Gasteiger partial charge >= 0.3 is 0 Å². The molecule has 1 N–H and O–H groups in total. The van der Waals surface area contributed by atoms with Gasteiger partial charge in [0.1, 0.15) is 0 Å². The molecule has 2 heterocycles. The van der Waals surface area contributed by atoms with Crippen LogP contribution in [0, 0.1) is 0 Å². The molecule has 2 aliphatic heterocycles. The number of rotatable bonds is 4. The van der Waals surface area contributed by atoms with Gasteiger partial charge in [0.15, 0.2) is 0 Å². The third-order valence-corrected chi connectivity index (χ3v) is 10.0. The summed E-state index contributed by atoms with van der Waals surface area (Å²) in [6, 6.07) is 11.9. The van der Waals surface area contributed by atoms with Crippen LogP contribution < -0.4 is 20.4 Å². The molecule has 0 fully saturated rings. The minimum Gasteiger partial charge on any atom is -0.366 e. The highest BCUT2D eigenvalue weighted by Crippen LogP contribution is 2.48. The van der Waals surface area contributed by atoms with E-state index in [1.165, 1.54) is 11.1 Å². The highest BCUT2D eigenvalue weighted by Gasteiger charge is 2.39. The van der Waals surface area contributed by atoms with Crippen molar-refractivity contribution in [2.75, 3.05) is 22.9 Å². The van der Waals surface area contributed by atoms with Crippen LogP contribution in [-0.2, 0) is 4.57 Å².